The Morgan fingerprint density at radius 1 is 1.42 bits per heavy atom. The quantitative estimate of drug-likeness (QED) is 0.623. The molecule has 0 aliphatic carbocycles. The van der Waals surface area contributed by atoms with Gasteiger partial charge in [0, 0.05) is 0 Å². The average Bonchev–Trinajstić information content (AvgIpc) is 3.36. The number of hydrogen-bond acceptors (Lipinski definition) is 7. The van der Waals surface area contributed by atoms with Crippen LogP contribution in [0.2, 0.25) is 0 Å². The van der Waals surface area contributed by atoms with Crippen LogP contribution in [0.1, 0.15) is 24.8 Å². The monoisotopic (exact) mass is 372 g/mol. The zero-order valence-corrected chi connectivity index (χ0v) is 15.0. The van der Waals surface area contributed by atoms with Gasteiger partial charge in [0.25, 0.3) is 17.7 Å². The lowest BCUT2D eigenvalue weighted by Crippen LogP contribution is -3.11. The van der Waals surface area contributed by atoms with Crippen molar-refractivity contribution in [1.29, 1.82) is 5.26 Å². The van der Waals surface area contributed by atoms with Crippen molar-refractivity contribution in [3.8, 4) is 17.7 Å². The maximum Gasteiger partial charge on any atom is 0.283 e. The van der Waals surface area contributed by atoms with Gasteiger partial charge in [-0.25, -0.2) is 0 Å². The third-order valence-corrected chi connectivity index (χ3v) is 4.48. The van der Waals surface area contributed by atoms with Crippen LogP contribution in [-0.4, -0.2) is 29.2 Å². The fourth-order valence-electron chi connectivity index (χ4n) is 2.52. The molecule has 134 valence electrons. The number of rotatable bonds is 8. The highest BCUT2D eigenvalue weighted by atomic mass is 32.1. The molecule has 0 saturated heterocycles. The fourth-order valence-corrected chi connectivity index (χ4v) is 3.28. The van der Waals surface area contributed by atoms with Crippen LogP contribution in [0.25, 0.3) is 11.7 Å². The fraction of sp³-hybridized carbons (Fsp3) is 0.294. The van der Waals surface area contributed by atoms with Crippen molar-refractivity contribution in [3.05, 3.63) is 41.3 Å². The van der Waals surface area contributed by atoms with E-state index in [0.717, 1.165) is 17.9 Å². The predicted octanol–water partition coefficient (Wildman–Crippen LogP) is 1.70. The number of nitrogens with one attached hydrogen (secondary N) is 2. The number of furan rings is 1. The topological polar surface area (TPSA) is 109 Å². The molecular weight excluding hydrogens is 354 g/mol. The zero-order chi connectivity index (χ0) is 18.4. The number of nitriles is 1. The van der Waals surface area contributed by atoms with Crippen LogP contribution >= 0.6 is 11.3 Å². The van der Waals surface area contributed by atoms with Gasteiger partial charge in [0.15, 0.2) is 18.8 Å². The normalized spacial score (nSPS) is 11.8. The van der Waals surface area contributed by atoms with Gasteiger partial charge in [0.1, 0.15) is 11.1 Å². The second-order valence-corrected chi connectivity index (χ2v) is 6.57. The maximum atomic E-state index is 12.3. The van der Waals surface area contributed by atoms with Crippen molar-refractivity contribution in [2.45, 2.75) is 19.9 Å². The summed E-state index contributed by atoms with van der Waals surface area (Å²) < 4.78 is 10.9. The summed E-state index contributed by atoms with van der Waals surface area (Å²) in [4.78, 5) is 13.3. The lowest BCUT2D eigenvalue weighted by atomic mass is 10.3. The highest BCUT2D eigenvalue weighted by Gasteiger charge is 2.20. The Balaban J connectivity index is 1.62. The Bertz CT molecular complexity index is 894. The standard InChI is InChI=1S/C17H17N5O3S/c1-2-6-22(10-14(23)19-17-12(9-18)5-8-26-17)11-15-20-21-16(25-15)13-4-3-7-24-13/h3-5,7-8H,2,6,10-11H2,1H3,(H,19,23)/p+1. The molecule has 3 rings (SSSR count). The SMILES string of the molecule is CCC[NH+](CC(=O)Nc1sccc1C#N)Cc1nnc(-c2ccco2)o1. The van der Waals surface area contributed by atoms with Crippen molar-refractivity contribution in [2.75, 3.05) is 18.4 Å². The summed E-state index contributed by atoms with van der Waals surface area (Å²) >= 11 is 1.33. The largest absolute Gasteiger partial charge is 0.459 e. The Kier molecular flexibility index (Phi) is 5.78. The van der Waals surface area contributed by atoms with Gasteiger partial charge in [-0.3, -0.25) is 4.79 Å². The van der Waals surface area contributed by atoms with E-state index < -0.39 is 0 Å². The summed E-state index contributed by atoms with van der Waals surface area (Å²) in [6, 6.07) is 7.24. The van der Waals surface area contributed by atoms with Crippen LogP contribution in [-0.2, 0) is 11.3 Å². The van der Waals surface area contributed by atoms with Crippen LogP contribution in [0, 0.1) is 11.3 Å². The third-order valence-electron chi connectivity index (χ3n) is 3.65. The number of thiophene rings is 1. The molecule has 0 aliphatic rings. The molecule has 26 heavy (non-hydrogen) atoms. The summed E-state index contributed by atoms with van der Waals surface area (Å²) in [6.45, 7) is 3.51. The molecule has 3 heterocycles. The summed E-state index contributed by atoms with van der Waals surface area (Å²) in [5, 5.41) is 22.2. The minimum Gasteiger partial charge on any atom is -0.459 e. The molecule has 3 aromatic rings. The number of amides is 1. The highest BCUT2D eigenvalue weighted by molar-refractivity contribution is 7.14. The number of anilines is 1. The van der Waals surface area contributed by atoms with Gasteiger partial charge in [-0.05, 0) is 30.0 Å². The summed E-state index contributed by atoms with van der Waals surface area (Å²) in [5.41, 5.74) is 0.473. The maximum absolute atomic E-state index is 12.3. The van der Waals surface area contributed by atoms with Crippen LogP contribution in [0.4, 0.5) is 5.00 Å². The van der Waals surface area contributed by atoms with Crippen molar-refractivity contribution >= 4 is 22.2 Å². The zero-order valence-electron chi connectivity index (χ0n) is 14.2. The lowest BCUT2D eigenvalue weighted by molar-refractivity contribution is -0.907. The van der Waals surface area contributed by atoms with Crippen LogP contribution in [0.3, 0.4) is 0 Å². The molecule has 0 spiro atoms. The predicted molar refractivity (Wildman–Crippen MR) is 94.4 cm³/mol. The molecule has 0 bridgehead atoms. The molecule has 0 radical (unpaired) electrons. The van der Waals surface area contributed by atoms with E-state index in [1.165, 1.54) is 17.6 Å². The molecule has 8 nitrogen and oxygen atoms in total. The van der Waals surface area contributed by atoms with E-state index >= 15 is 0 Å². The first-order valence-corrected chi connectivity index (χ1v) is 9.04. The van der Waals surface area contributed by atoms with Crippen LogP contribution < -0.4 is 10.2 Å². The van der Waals surface area contributed by atoms with E-state index in [1.54, 1.807) is 23.6 Å². The first-order chi connectivity index (χ1) is 12.7. The minimum absolute atomic E-state index is 0.154. The Hall–Kier alpha value is -2.96. The Morgan fingerprint density at radius 3 is 3.04 bits per heavy atom. The van der Waals surface area contributed by atoms with E-state index in [4.69, 9.17) is 14.1 Å². The first kappa shape index (κ1) is 17.8. The average molecular weight is 372 g/mol. The van der Waals surface area contributed by atoms with E-state index in [1.807, 2.05) is 6.92 Å². The minimum atomic E-state index is -0.154. The molecule has 2 N–H and O–H groups in total. The van der Waals surface area contributed by atoms with Gasteiger partial charge in [0.2, 0.25) is 0 Å². The lowest BCUT2D eigenvalue weighted by Gasteiger charge is -2.16. The van der Waals surface area contributed by atoms with E-state index in [0.29, 0.717) is 34.7 Å². The van der Waals surface area contributed by atoms with E-state index in [2.05, 4.69) is 21.6 Å². The van der Waals surface area contributed by atoms with Crippen molar-refractivity contribution in [1.82, 2.24) is 10.2 Å². The van der Waals surface area contributed by atoms with Gasteiger partial charge < -0.3 is 19.1 Å². The number of carbonyl (C=O) groups excluding carboxylic acids is 1. The van der Waals surface area contributed by atoms with Crippen molar-refractivity contribution in [3.63, 3.8) is 0 Å². The van der Waals surface area contributed by atoms with Gasteiger partial charge >= 0.3 is 0 Å². The number of carbonyl (C=O) groups is 1. The molecule has 0 aliphatic heterocycles. The van der Waals surface area contributed by atoms with Gasteiger partial charge in [-0.15, -0.1) is 21.5 Å². The van der Waals surface area contributed by atoms with Crippen molar-refractivity contribution in [2.24, 2.45) is 0 Å². The summed E-state index contributed by atoms with van der Waals surface area (Å²) in [5.74, 6) is 1.13. The Labute approximate surface area is 154 Å². The smallest absolute Gasteiger partial charge is 0.283 e. The molecule has 1 atom stereocenters. The molecule has 1 unspecified atom stereocenters. The number of aromatic nitrogens is 2. The summed E-state index contributed by atoms with van der Waals surface area (Å²) in [6.07, 6.45) is 2.45. The first-order valence-electron chi connectivity index (χ1n) is 8.17. The molecular formula is C17H18N5O3S+. The number of quaternary nitrogens is 1. The molecule has 0 saturated carbocycles. The van der Waals surface area contributed by atoms with Gasteiger partial charge in [-0.2, -0.15) is 5.26 Å². The molecule has 3 aromatic heterocycles. The number of hydrogen-bond donors (Lipinski definition) is 2. The van der Waals surface area contributed by atoms with Crippen LogP contribution in [0.15, 0.2) is 38.7 Å². The molecule has 1 amide bonds. The van der Waals surface area contributed by atoms with Crippen LogP contribution in [0.5, 0.6) is 0 Å². The molecule has 9 heteroatoms. The van der Waals surface area contributed by atoms with E-state index in [9.17, 15) is 4.79 Å². The Morgan fingerprint density at radius 2 is 2.31 bits per heavy atom. The van der Waals surface area contributed by atoms with Crippen molar-refractivity contribution < 1.29 is 18.5 Å². The molecule has 0 fully saturated rings. The third kappa shape index (κ3) is 4.36. The van der Waals surface area contributed by atoms with Gasteiger partial charge in [0.05, 0.1) is 18.4 Å². The highest BCUT2D eigenvalue weighted by Crippen LogP contribution is 2.21. The summed E-state index contributed by atoms with van der Waals surface area (Å²) in [7, 11) is 0. The second-order valence-electron chi connectivity index (χ2n) is 5.66. The molecule has 0 aromatic carbocycles. The van der Waals surface area contributed by atoms with E-state index in [-0.39, 0.29) is 12.5 Å². The number of nitrogens with zero attached hydrogens (tertiary/aromatic N) is 3. The van der Waals surface area contributed by atoms with Gasteiger partial charge in [-0.1, -0.05) is 6.92 Å². The second kappa shape index (κ2) is 8.42.